The van der Waals surface area contributed by atoms with E-state index < -0.39 is 5.60 Å². The monoisotopic (exact) mass is 189 g/mol. The molecule has 0 amide bonds. The second-order valence-corrected chi connectivity index (χ2v) is 3.51. The number of hydrogen-bond donors (Lipinski definition) is 2. The van der Waals surface area contributed by atoms with Crippen molar-refractivity contribution in [1.29, 1.82) is 0 Å². The number of fused-ring (bicyclic) bond motifs is 1. The molecule has 0 aliphatic rings. The zero-order valence-corrected chi connectivity index (χ0v) is 7.82. The smallest absolute Gasteiger partial charge is 0.155 e. The lowest BCUT2D eigenvalue weighted by Gasteiger charge is -2.16. The molecule has 0 saturated heterocycles. The van der Waals surface area contributed by atoms with Crippen LogP contribution in [0, 0.1) is 0 Å². The van der Waals surface area contributed by atoms with E-state index in [9.17, 15) is 9.90 Å². The molecular formula is C11H11NO2. The van der Waals surface area contributed by atoms with Gasteiger partial charge in [0.15, 0.2) is 6.29 Å². The van der Waals surface area contributed by atoms with Crippen molar-refractivity contribution < 1.29 is 9.90 Å². The molecule has 0 bridgehead atoms. The highest BCUT2D eigenvalue weighted by Crippen LogP contribution is 2.26. The summed E-state index contributed by atoms with van der Waals surface area (Å²) in [5, 5.41) is 10.7. The minimum absolute atomic E-state index is 0.550. The molecule has 1 atom stereocenters. The van der Waals surface area contributed by atoms with E-state index in [1.54, 1.807) is 12.3 Å². The van der Waals surface area contributed by atoms with Gasteiger partial charge in [-0.3, -0.25) is 4.79 Å². The number of aromatic nitrogens is 1. The van der Waals surface area contributed by atoms with E-state index in [2.05, 4.69) is 4.98 Å². The fraction of sp³-hybridized carbons (Fsp3) is 0.182. The summed E-state index contributed by atoms with van der Waals surface area (Å²) in [4.78, 5) is 13.8. The normalized spacial score (nSPS) is 15.3. The van der Waals surface area contributed by atoms with Gasteiger partial charge in [0.25, 0.3) is 0 Å². The maximum absolute atomic E-state index is 10.7. The van der Waals surface area contributed by atoms with Gasteiger partial charge < -0.3 is 10.1 Å². The number of H-pyrrole nitrogens is 1. The Morgan fingerprint density at radius 2 is 2.21 bits per heavy atom. The second kappa shape index (κ2) is 2.96. The molecule has 0 aliphatic carbocycles. The quantitative estimate of drug-likeness (QED) is 0.704. The predicted molar refractivity (Wildman–Crippen MR) is 53.9 cm³/mol. The fourth-order valence-electron chi connectivity index (χ4n) is 1.59. The molecule has 2 rings (SSSR count). The minimum Gasteiger partial charge on any atom is -0.378 e. The summed E-state index contributed by atoms with van der Waals surface area (Å²) in [7, 11) is 0. The summed E-state index contributed by atoms with van der Waals surface area (Å²) in [6.45, 7) is 1.49. The topological polar surface area (TPSA) is 53.1 Å². The van der Waals surface area contributed by atoms with Crippen LogP contribution in [0.5, 0.6) is 0 Å². The summed E-state index contributed by atoms with van der Waals surface area (Å²) < 4.78 is 0. The lowest BCUT2D eigenvalue weighted by molar-refractivity contribution is -0.123. The van der Waals surface area contributed by atoms with E-state index in [0.29, 0.717) is 11.8 Å². The van der Waals surface area contributed by atoms with Gasteiger partial charge in [-0.05, 0) is 24.6 Å². The number of nitrogens with one attached hydrogen (secondary N) is 1. The van der Waals surface area contributed by atoms with Crippen LogP contribution in [0.15, 0.2) is 30.5 Å². The Balaban J connectivity index is 2.73. The van der Waals surface area contributed by atoms with Crippen molar-refractivity contribution in [1.82, 2.24) is 4.98 Å². The molecule has 14 heavy (non-hydrogen) atoms. The van der Waals surface area contributed by atoms with E-state index in [1.807, 2.05) is 18.2 Å². The highest BCUT2D eigenvalue weighted by molar-refractivity contribution is 5.87. The van der Waals surface area contributed by atoms with Crippen LogP contribution in [0.3, 0.4) is 0 Å². The summed E-state index contributed by atoms with van der Waals surface area (Å²) >= 11 is 0. The third kappa shape index (κ3) is 1.22. The molecule has 0 saturated carbocycles. The molecular weight excluding hydrogens is 178 g/mol. The van der Waals surface area contributed by atoms with Crippen LogP contribution in [0.4, 0.5) is 0 Å². The number of hydrogen-bond acceptors (Lipinski definition) is 2. The van der Waals surface area contributed by atoms with Crippen LogP contribution in [0.25, 0.3) is 10.9 Å². The Kier molecular flexibility index (Phi) is 1.89. The standard InChI is InChI=1S/C11H11NO2/c1-11(14,7-13)9-3-2-4-10-8(9)5-6-12-10/h2-7,12,14H,1H3. The van der Waals surface area contributed by atoms with E-state index >= 15 is 0 Å². The van der Waals surface area contributed by atoms with Crippen LogP contribution in [0.1, 0.15) is 12.5 Å². The van der Waals surface area contributed by atoms with Crippen LogP contribution < -0.4 is 0 Å². The predicted octanol–water partition coefficient (Wildman–Crippen LogP) is 1.57. The molecule has 0 spiro atoms. The zero-order chi connectivity index (χ0) is 10.2. The van der Waals surface area contributed by atoms with Crippen molar-refractivity contribution in [2.24, 2.45) is 0 Å². The van der Waals surface area contributed by atoms with Crippen molar-refractivity contribution in [3.8, 4) is 0 Å². The van der Waals surface area contributed by atoms with Gasteiger partial charge in [-0.1, -0.05) is 12.1 Å². The Labute approximate surface area is 81.4 Å². The molecule has 1 aromatic heterocycles. The first-order chi connectivity index (χ1) is 6.65. The molecule has 0 aliphatic heterocycles. The number of aliphatic hydroxyl groups is 1. The Hall–Kier alpha value is -1.61. The zero-order valence-electron chi connectivity index (χ0n) is 7.82. The van der Waals surface area contributed by atoms with Crippen molar-refractivity contribution in [3.05, 3.63) is 36.0 Å². The van der Waals surface area contributed by atoms with E-state index in [-0.39, 0.29) is 0 Å². The summed E-state index contributed by atoms with van der Waals surface area (Å²) in [5.74, 6) is 0. The summed E-state index contributed by atoms with van der Waals surface area (Å²) in [6.07, 6.45) is 2.34. The van der Waals surface area contributed by atoms with Gasteiger partial charge in [-0.15, -0.1) is 0 Å². The van der Waals surface area contributed by atoms with Gasteiger partial charge in [0.05, 0.1) is 0 Å². The molecule has 1 aromatic carbocycles. The lowest BCUT2D eigenvalue weighted by Crippen LogP contribution is -2.22. The highest BCUT2D eigenvalue weighted by Gasteiger charge is 2.24. The van der Waals surface area contributed by atoms with Crippen LogP contribution in [-0.4, -0.2) is 16.4 Å². The van der Waals surface area contributed by atoms with Crippen molar-refractivity contribution in [3.63, 3.8) is 0 Å². The Morgan fingerprint density at radius 3 is 2.93 bits per heavy atom. The molecule has 1 heterocycles. The molecule has 3 nitrogen and oxygen atoms in total. The molecule has 2 aromatic rings. The van der Waals surface area contributed by atoms with Gasteiger partial charge in [0.2, 0.25) is 0 Å². The summed E-state index contributed by atoms with van der Waals surface area (Å²) in [6, 6.07) is 7.32. The maximum Gasteiger partial charge on any atom is 0.155 e. The van der Waals surface area contributed by atoms with Crippen molar-refractivity contribution in [2.75, 3.05) is 0 Å². The second-order valence-electron chi connectivity index (χ2n) is 3.51. The maximum atomic E-state index is 10.7. The number of benzene rings is 1. The van der Waals surface area contributed by atoms with Crippen LogP contribution >= 0.6 is 0 Å². The Morgan fingerprint density at radius 1 is 1.43 bits per heavy atom. The van der Waals surface area contributed by atoms with Gasteiger partial charge in [0.1, 0.15) is 5.60 Å². The molecule has 0 fully saturated rings. The first kappa shape index (κ1) is 8.97. The number of aromatic amines is 1. The number of carbonyl (C=O) groups is 1. The first-order valence-electron chi connectivity index (χ1n) is 4.40. The van der Waals surface area contributed by atoms with Crippen molar-refractivity contribution >= 4 is 17.2 Å². The average molecular weight is 189 g/mol. The lowest BCUT2D eigenvalue weighted by atomic mass is 9.94. The largest absolute Gasteiger partial charge is 0.378 e. The fourth-order valence-corrected chi connectivity index (χ4v) is 1.59. The minimum atomic E-state index is -1.41. The van der Waals surface area contributed by atoms with Gasteiger partial charge in [-0.25, -0.2) is 0 Å². The Bertz CT molecular complexity index is 471. The van der Waals surface area contributed by atoms with Gasteiger partial charge in [0, 0.05) is 17.1 Å². The van der Waals surface area contributed by atoms with E-state index in [4.69, 9.17) is 0 Å². The molecule has 72 valence electrons. The number of carbonyl (C=O) groups excluding carboxylic acids is 1. The summed E-state index contributed by atoms with van der Waals surface area (Å²) in [5.41, 5.74) is 0.137. The van der Waals surface area contributed by atoms with Gasteiger partial charge in [-0.2, -0.15) is 0 Å². The number of aldehydes is 1. The van der Waals surface area contributed by atoms with Gasteiger partial charge >= 0.3 is 0 Å². The van der Waals surface area contributed by atoms with E-state index in [1.165, 1.54) is 6.92 Å². The molecule has 2 N–H and O–H groups in total. The van der Waals surface area contributed by atoms with Crippen molar-refractivity contribution in [2.45, 2.75) is 12.5 Å². The first-order valence-corrected chi connectivity index (χ1v) is 4.40. The third-order valence-corrected chi connectivity index (χ3v) is 2.37. The molecule has 1 unspecified atom stereocenters. The number of rotatable bonds is 2. The van der Waals surface area contributed by atoms with E-state index in [0.717, 1.165) is 10.9 Å². The molecule has 0 radical (unpaired) electrons. The van der Waals surface area contributed by atoms with Crippen LogP contribution in [-0.2, 0) is 10.4 Å². The SMILES string of the molecule is CC(O)(C=O)c1cccc2[nH]ccc12. The molecule has 3 heteroatoms. The average Bonchev–Trinajstić information content (AvgIpc) is 2.64. The van der Waals surface area contributed by atoms with Crippen LogP contribution in [0.2, 0.25) is 0 Å². The third-order valence-electron chi connectivity index (χ3n) is 2.37. The highest BCUT2D eigenvalue weighted by atomic mass is 16.3.